The van der Waals surface area contributed by atoms with E-state index >= 15 is 0 Å². The highest BCUT2D eigenvalue weighted by atomic mass is 19.4. The molecule has 0 bridgehead atoms. The number of likely N-dealkylation sites (tertiary alicyclic amines) is 1. The summed E-state index contributed by atoms with van der Waals surface area (Å²) in [6.07, 6.45) is -2.14. The van der Waals surface area contributed by atoms with Gasteiger partial charge in [0.15, 0.2) is 0 Å². The van der Waals surface area contributed by atoms with E-state index in [-0.39, 0.29) is 28.6 Å². The molecule has 0 unspecified atom stereocenters. The van der Waals surface area contributed by atoms with Crippen molar-refractivity contribution in [3.05, 3.63) is 40.5 Å². The number of carbonyl (C=O) groups is 1. The van der Waals surface area contributed by atoms with Gasteiger partial charge in [-0.25, -0.2) is 4.98 Å². The number of hydrogen-bond donors (Lipinski definition) is 0. The Morgan fingerprint density at radius 3 is 2.72 bits per heavy atom. The maximum absolute atomic E-state index is 13.7. The Balaban J connectivity index is 1.46. The highest BCUT2D eigenvalue weighted by Crippen LogP contribution is 2.38. The quantitative estimate of drug-likeness (QED) is 0.571. The summed E-state index contributed by atoms with van der Waals surface area (Å²) < 4.78 is 47.9. The second-order valence-electron chi connectivity index (χ2n) is 8.47. The normalized spacial score (nSPS) is 17.3. The second kappa shape index (κ2) is 8.55. The number of piperidine rings is 1. The van der Waals surface area contributed by atoms with E-state index in [1.165, 1.54) is 6.92 Å². The molecule has 0 aromatic carbocycles. The van der Waals surface area contributed by atoms with E-state index in [0.29, 0.717) is 51.0 Å². The van der Waals surface area contributed by atoms with Crippen molar-refractivity contribution >= 4 is 17.0 Å². The van der Waals surface area contributed by atoms with Crippen molar-refractivity contribution in [2.45, 2.75) is 65.1 Å². The van der Waals surface area contributed by atoms with Crippen molar-refractivity contribution in [2.75, 3.05) is 13.1 Å². The number of aryl methyl sites for hydroxylation is 4. The predicted molar refractivity (Wildman–Crippen MR) is 111 cm³/mol. The fraction of sp³-hybridized carbons (Fsp3) is 0.545. The van der Waals surface area contributed by atoms with E-state index in [9.17, 15) is 18.0 Å². The second-order valence-corrected chi connectivity index (χ2v) is 8.47. The lowest BCUT2D eigenvalue weighted by atomic mass is 9.92. The van der Waals surface area contributed by atoms with Crippen LogP contribution in [0.15, 0.2) is 16.7 Å². The van der Waals surface area contributed by atoms with E-state index in [1.807, 2.05) is 24.6 Å². The third-order valence-electron chi connectivity index (χ3n) is 6.00. The van der Waals surface area contributed by atoms with E-state index < -0.39 is 11.7 Å². The van der Waals surface area contributed by atoms with Gasteiger partial charge < -0.3 is 9.42 Å². The summed E-state index contributed by atoms with van der Waals surface area (Å²) in [5.74, 6) is -0.275. The number of fused-ring (bicyclic) bond motifs is 1. The van der Waals surface area contributed by atoms with Crippen LogP contribution in [-0.4, -0.2) is 43.8 Å². The Kier molecular flexibility index (Phi) is 5.96. The SMILES string of the molecule is Cc1cc(C)n(CCCC(=O)N2CCC[C@H](c3cc(C(F)(F)F)c4c(C)noc4n3)C2)n1. The minimum absolute atomic E-state index is 0.00358. The molecule has 1 atom stereocenters. The predicted octanol–water partition coefficient (Wildman–Crippen LogP) is 4.55. The molecule has 1 fully saturated rings. The van der Waals surface area contributed by atoms with Crippen LogP contribution in [0, 0.1) is 20.8 Å². The molecular weight excluding hydrogens is 423 g/mol. The minimum atomic E-state index is -4.54. The van der Waals surface area contributed by atoms with Crippen LogP contribution in [0.25, 0.3) is 11.1 Å². The van der Waals surface area contributed by atoms with Gasteiger partial charge in [-0.15, -0.1) is 0 Å². The van der Waals surface area contributed by atoms with Crippen LogP contribution in [-0.2, 0) is 17.5 Å². The molecule has 3 aromatic heterocycles. The van der Waals surface area contributed by atoms with Gasteiger partial charge in [-0.2, -0.15) is 18.3 Å². The van der Waals surface area contributed by atoms with E-state index in [0.717, 1.165) is 17.5 Å². The van der Waals surface area contributed by atoms with Crippen molar-refractivity contribution in [1.29, 1.82) is 0 Å². The number of nitrogens with zero attached hydrogens (tertiary/aromatic N) is 5. The number of alkyl halides is 3. The van der Waals surface area contributed by atoms with Crippen LogP contribution in [0.2, 0.25) is 0 Å². The Hall–Kier alpha value is -2.91. The lowest BCUT2D eigenvalue weighted by molar-refractivity contribution is -0.136. The summed E-state index contributed by atoms with van der Waals surface area (Å²) in [5.41, 5.74) is 1.55. The molecule has 1 amide bonds. The highest BCUT2D eigenvalue weighted by molar-refractivity contribution is 5.81. The zero-order chi connectivity index (χ0) is 23.0. The van der Waals surface area contributed by atoms with Crippen LogP contribution in [0.1, 0.15) is 59.9 Å². The Bertz CT molecular complexity index is 1130. The van der Waals surface area contributed by atoms with Crippen LogP contribution >= 0.6 is 0 Å². The molecule has 0 radical (unpaired) electrons. The van der Waals surface area contributed by atoms with Gasteiger partial charge in [-0.3, -0.25) is 9.48 Å². The molecular formula is C22H26F3N5O2. The zero-order valence-corrected chi connectivity index (χ0v) is 18.4. The lowest BCUT2D eigenvalue weighted by Gasteiger charge is -2.32. The number of rotatable bonds is 5. The molecule has 4 heterocycles. The summed E-state index contributed by atoms with van der Waals surface area (Å²) in [6, 6.07) is 3.08. The van der Waals surface area contributed by atoms with Gasteiger partial charge in [0.1, 0.15) is 0 Å². The van der Waals surface area contributed by atoms with Gasteiger partial charge in [0.2, 0.25) is 5.91 Å². The molecule has 32 heavy (non-hydrogen) atoms. The molecule has 0 aliphatic carbocycles. The molecule has 4 rings (SSSR count). The van der Waals surface area contributed by atoms with Gasteiger partial charge in [-0.1, -0.05) is 5.16 Å². The van der Waals surface area contributed by atoms with Gasteiger partial charge in [0, 0.05) is 37.7 Å². The minimum Gasteiger partial charge on any atom is -0.342 e. The van der Waals surface area contributed by atoms with E-state index in [1.54, 1.807) is 4.90 Å². The third-order valence-corrected chi connectivity index (χ3v) is 6.00. The summed E-state index contributed by atoms with van der Waals surface area (Å²) in [5, 5.41) is 7.96. The van der Waals surface area contributed by atoms with E-state index in [2.05, 4.69) is 15.2 Å². The van der Waals surface area contributed by atoms with Crippen molar-refractivity contribution < 1.29 is 22.5 Å². The average molecular weight is 449 g/mol. The molecule has 3 aromatic rings. The molecule has 10 heteroatoms. The van der Waals surface area contributed by atoms with Crippen LogP contribution < -0.4 is 0 Å². The van der Waals surface area contributed by atoms with Crippen molar-refractivity contribution in [3.63, 3.8) is 0 Å². The molecule has 1 aliphatic rings. The third kappa shape index (κ3) is 4.49. The Morgan fingerprint density at radius 1 is 1.25 bits per heavy atom. The Morgan fingerprint density at radius 2 is 2.03 bits per heavy atom. The maximum Gasteiger partial charge on any atom is 0.417 e. The fourth-order valence-electron chi connectivity index (χ4n) is 4.43. The zero-order valence-electron chi connectivity index (χ0n) is 18.4. The number of aromatic nitrogens is 4. The van der Waals surface area contributed by atoms with Crippen LogP contribution in [0.3, 0.4) is 0 Å². The van der Waals surface area contributed by atoms with Gasteiger partial charge in [-0.05, 0) is 52.2 Å². The van der Waals surface area contributed by atoms with Gasteiger partial charge in [0.05, 0.1) is 28.0 Å². The number of hydrogen-bond acceptors (Lipinski definition) is 5. The molecule has 0 spiro atoms. The smallest absolute Gasteiger partial charge is 0.342 e. The summed E-state index contributed by atoms with van der Waals surface area (Å²) in [6.45, 7) is 6.98. The first-order valence-corrected chi connectivity index (χ1v) is 10.8. The summed E-state index contributed by atoms with van der Waals surface area (Å²) in [4.78, 5) is 18.8. The monoisotopic (exact) mass is 449 g/mol. The molecule has 0 N–H and O–H groups in total. The highest BCUT2D eigenvalue weighted by Gasteiger charge is 2.37. The topological polar surface area (TPSA) is 77.0 Å². The van der Waals surface area contributed by atoms with Crippen LogP contribution in [0.5, 0.6) is 0 Å². The first kappa shape index (κ1) is 22.3. The first-order chi connectivity index (χ1) is 15.1. The largest absolute Gasteiger partial charge is 0.417 e. The van der Waals surface area contributed by atoms with Gasteiger partial charge in [0.25, 0.3) is 5.71 Å². The standard InChI is InChI=1S/C22H26F3N5O2/c1-13-10-14(2)30(27-13)9-5-7-19(31)29-8-4-6-16(12-29)18-11-17(22(23,24)25)20-15(3)28-32-21(20)26-18/h10-11,16H,4-9,12H2,1-3H3/t16-/m0/s1. The van der Waals surface area contributed by atoms with Crippen molar-refractivity contribution in [1.82, 2.24) is 24.8 Å². The van der Waals surface area contributed by atoms with E-state index in [4.69, 9.17) is 4.52 Å². The molecule has 0 saturated carbocycles. The Labute approximate surface area is 183 Å². The lowest BCUT2D eigenvalue weighted by Crippen LogP contribution is -2.39. The first-order valence-electron chi connectivity index (χ1n) is 10.8. The average Bonchev–Trinajstić information content (AvgIpc) is 3.27. The number of pyridine rings is 1. The summed E-state index contributed by atoms with van der Waals surface area (Å²) >= 11 is 0. The maximum atomic E-state index is 13.7. The fourth-order valence-corrected chi connectivity index (χ4v) is 4.43. The van der Waals surface area contributed by atoms with Crippen LogP contribution in [0.4, 0.5) is 13.2 Å². The van der Waals surface area contributed by atoms with Crippen molar-refractivity contribution in [3.8, 4) is 0 Å². The van der Waals surface area contributed by atoms with Gasteiger partial charge >= 0.3 is 6.18 Å². The molecule has 7 nitrogen and oxygen atoms in total. The summed E-state index contributed by atoms with van der Waals surface area (Å²) in [7, 11) is 0. The number of carbonyl (C=O) groups excluding carboxylic acids is 1. The molecule has 1 saturated heterocycles. The molecule has 172 valence electrons. The van der Waals surface area contributed by atoms with Crippen molar-refractivity contribution in [2.24, 2.45) is 0 Å². The number of amides is 1. The molecule has 1 aliphatic heterocycles. The number of halogens is 3.